The number of fused-ring (bicyclic) bond motifs is 1. The Labute approximate surface area is 193 Å². The summed E-state index contributed by atoms with van der Waals surface area (Å²) in [5, 5.41) is 10.5. The van der Waals surface area contributed by atoms with Crippen LogP contribution in [-0.2, 0) is 6.61 Å². The zero-order chi connectivity index (χ0) is 23.8. The topological polar surface area (TPSA) is 86.2 Å². The van der Waals surface area contributed by atoms with E-state index in [9.17, 15) is 5.11 Å². The van der Waals surface area contributed by atoms with Gasteiger partial charge in [-0.3, -0.25) is 4.57 Å². The third-order valence-electron chi connectivity index (χ3n) is 5.61. The minimum absolute atomic E-state index is 0.0466. The van der Waals surface area contributed by atoms with Crippen molar-refractivity contribution in [2.75, 3.05) is 5.73 Å². The summed E-state index contributed by atoms with van der Waals surface area (Å²) < 4.78 is 37.9. The summed E-state index contributed by atoms with van der Waals surface area (Å²) in [6, 6.07) is 18.4. The molecule has 2 heterocycles. The molecule has 0 aliphatic heterocycles. The van der Waals surface area contributed by atoms with Crippen molar-refractivity contribution in [2.45, 2.75) is 13.5 Å². The Morgan fingerprint density at radius 2 is 1.65 bits per heavy atom. The van der Waals surface area contributed by atoms with Crippen molar-refractivity contribution in [3.05, 3.63) is 95.8 Å². The molecule has 0 atom stereocenters. The maximum Gasteiger partial charge on any atom is 0.239 e. The number of aryl methyl sites for hydroxylation is 1. The highest BCUT2D eigenvalue weighted by molar-refractivity contribution is 5.93. The van der Waals surface area contributed by atoms with E-state index in [1.807, 2.05) is 30.3 Å². The summed E-state index contributed by atoms with van der Waals surface area (Å²) in [5.74, 6) is -2.07. The van der Waals surface area contributed by atoms with E-state index in [0.29, 0.717) is 28.0 Å². The predicted molar refractivity (Wildman–Crippen MR) is 126 cm³/mol. The number of ether oxygens (including phenoxy) is 1. The van der Waals surface area contributed by atoms with Gasteiger partial charge in [0.25, 0.3) is 0 Å². The lowest BCUT2D eigenvalue weighted by Gasteiger charge is -2.15. The van der Waals surface area contributed by atoms with Crippen LogP contribution in [0.3, 0.4) is 0 Å². The summed E-state index contributed by atoms with van der Waals surface area (Å²) in [4.78, 5) is 8.07. The Bertz CT molecular complexity index is 1480. The van der Waals surface area contributed by atoms with Crippen molar-refractivity contribution < 1.29 is 18.6 Å². The summed E-state index contributed by atoms with van der Waals surface area (Å²) in [5.41, 5.74) is 9.07. The van der Waals surface area contributed by atoms with Crippen LogP contribution in [0.4, 0.5) is 14.5 Å². The molecule has 6 nitrogen and oxygen atoms in total. The minimum atomic E-state index is -0.861. The van der Waals surface area contributed by atoms with Gasteiger partial charge in [0.1, 0.15) is 29.9 Å². The molecular weight excluding hydrogens is 438 g/mol. The number of nitrogen functional groups attached to an aromatic ring is 1. The molecule has 5 rings (SSSR count). The number of rotatable bonds is 5. The average molecular weight is 458 g/mol. The molecule has 34 heavy (non-hydrogen) atoms. The van der Waals surface area contributed by atoms with Crippen molar-refractivity contribution in [3.63, 3.8) is 0 Å². The molecule has 3 N–H and O–H groups in total. The summed E-state index contributed by atoms with van der Waals surface area (Å²) in [6.45, 7) is 1.93. The van der Waals surface area contributed by atoms with Crippen LogP contribution >= 0.6 is 0 Å². The van der Waals surface area contributed by atoms with E-state index in [1.165, 1.54) is 10.9 Å². The smallest absolute Gasteiger partial charge is 0.239 e. The Hall–Kier alpha value is -4.46. The quantitative estimate of drug-likeness (QED) is 0.338. The van der Waals surface area contributed by atoms with Crippen LogP contribution in [0, 0.1) is 18.6 Å². The second kappa shape index (κ2) is 8.47. The average Bonchev–Trinajstić information content (AvgIpc) is 3.12. The van der Waals surface area contributed by atoms with Gasteiger partial charge in [0.15, 0.2) is 11.6 Å². The lowest BCUT2D eigenvalue weighted by Crippen LogP contribution is -2.06. The van der Waals surface area contributed by atoms with Crippen molar-refractivity contribution in [1.29, 1.82) is 0 Å². The van der Waals surface area contributed by atoms with Gasteiger partial charge in [0, 0.05) is 23.4 Å². The van der Waals surface area contributed by atoms with Crippen molar-refractivity contribution in [1.82, 2.24) is 14.5 Å². The van der Waals surface area contributed by atoms with Gasteiger partial charge in [-0.25, -0.2) is 18.7 Å². The second-order valence-corrected chi connectivity index (χ2v) is 7.84. The Morgan fingerprint density at radius 1 is 0.971 bits per heavy atom. The van der Waals surface area contributed by atoms with Gasteiger partial charge in [-0.05, 0) is 30.2 Å². The molecule has 0 radical (unpaired) electrons. The molecule has 0 saturated carbocycles. The molecule has 0 saturated heterocycles. The number of aromatic nitrogens is 3. The van der Waals surface area contributed by atoms with E-state index in [-0.39, 0.29) is 23.6 Å². The summed E-state index contributed by atoms with van der Waals surface area (Å²) >= 11 is 0. The summed E-state index contributed by atoms with van der Waals surface area (Å²) in [6.07, 6.45) is 1.20. The molecule has 0 fully saturated rings. The third-order valence-corrected chi connectivity index (χ3v) is 5.61. The predicted octanol–water partition coefficient (Wildman–Crippen LogP) is 5.54. The van der Waals surface area contributed by atoms with Crippen LogP contribution in [0.2, 0.25) is 0 Å². The standard InChI is InChI=1S/C26H20F2N4O2/c1-15-22-25(26(33)31-14-30-22)32(23(15)17-7-9-18(29)10-8-17)24-20(27)11-19(12-21(24)28)34-13-16-5-3-2-4-6-16/h2-12,14H,13,29H2,1H3,(H,30,31,33). The van der Waals surface area contributed by atoms with Gasteiger partial charge in [0.2, 0.25) is 5.88 Å². The number of hydrogen-bond donors (Lipinski definition) is 2. The monoisotopic (exact) mass is 458 g/mol. The summed E-state index contributed by atoms with van der Waals surface area (Å²) in [7, 11) is 0. The van der Waals surface area contributed by atoms with E-state index < -0.39 is 17.5 Å². The first-order valence-corrected chi connectivity index (χ1v) is 10.5. The Balaban J connectivity index is 1.68. The van der Waals surface area contributed by atoms with Crippen molar-refractivity contribution in [2.24, 2.45) is 0 Å². The zero-order valence-corrected chi connectivity index (χ0v) is 18.2. The maximum absolute atomic E-state index is 15.5. The molecule has 0 aliphatic carbocycles. The second-order valence-electron chi connectivity index (χ2n) is 7.84. The van der Waals surface area contributed by atoms with E-state index in [4.69, 9.17) is 10.5 Å². The Morgan fingerprint density at radius 3 is 2.32 bits per heavy atom. The highest BCUT2D eigenvalue weighted by Crippen LogP contribution is 2.40. The first-order valence-electron chi connectivity index (χ1n) is 10.5. The van der Waals surface area contributed by atoms with Crippen LogP contribution in [0.5, 0.6) is 11.6 Å². The van der Waals surface area contributed by atoms with E-state index in [1.54, 1.807) is 31.2 Å². The lowest BCUT2D eigenvalue weighted by atomic mass is 10.1. The van der Waals surface area contributed by atoms with Crippen LogP contribution < -0.4 is 10.5 Å². The third kappa shape index (κ3) is 3.69. The number of hydrogen-bond acceptors (Lipinski definition) is 5. The number of anilines is 1. The van der Waals surface area contributed by atoms with Crippen molar-refractivity contribution in [3.8, 4) is 28.6 Å². The van der Waals surface area contributed by atoms with Crippen molar-refractivity contribution >= 4 is 16.7 Å². The van der Waals surface area contributed by atoms with E-state index in [2.05, 4.69) is 9.97 Å². The number of nitrogens with two attached hydrogens (primary N) is 1. The maximum atomic E-state index is 15.5. The van der Waals surface area contributed by atoms with Gasteiger partial charge >= 0.3 is 0 Å². The van der Waals surface area contributed by atoms with E-state index >= 15 is 8.78 Å². The normalized spacial score (nSPS) is 11.1. The van der Waals surface area contributed by atoms with Crippen LogP contribution in [0.15, 0.2) is 73.1 Å². The molecule has 8 heteroatoms. The Kier molecular flexibility index (Phi) is 5.33. The van der Waals surface area contributed by atoms with Gasteiger partial charge in [-0.15, -0.1) is 0 Å². The van der Waals surface area contributed by atoms with Crippen LogP contribution in [0.25, 0.3) is 28.0 Å². The molecule has 0 aliphatic rings. The fraction of sp³-hybridized carbons (Fsp3) is 0.0769. The SMILES string of the molecule is Cc1c(-c2ccc(N)cc2)n(-c2c(F)cc(OCc3ccccc3)cc2F)c2c(O)ncnc12. The van der Waals surface area contributed by atoms with Crippen LogP contribution in [-0.4, -0.2) is 19.6 Å². The highest BCUT2D eigenvalue weighted by Gasteiger charge is 2.26. The number of nitrogens with zero attached hydrogens (tertiary/aromatic N) is 3. The molecule has 0 unspecified atom stereocenters. The molecule has 5 aromatic rings. The lowest BCUT2D eigenvalue weighted by molar-refractivity contribution is 0.302. The molecule has 0 amide bonds. The van der Waals surface area contributed by atoms with Gasteiger partial charge in [0.05, 0.1) is 11.2 Å². The molecule has 2 aromatic heterocycles. The van der Waals surface area contributed by atoms with E-state index in [0.717, 1.165) is 17.7 Å². The van der Waals surface area contributed by atoms with Gasteiger partial charge in [-0.1, -0.05) is 42.5 Å². The fourth-order valence-electron chi connectivity index (χ4n) is 4.03. The molecule has 3 aromatic carbocycles. The number of aromatic hydroxyl groups is 1. The number of benzene rings is 3. The van der Waals surface area contributed by atoms with Crippen LogP contribution in [0.1, 0.15) is 11.1 Å². The first-order chi connectivity index (χ1) is 16.4. The van der Waals surface area contributed by atoms with Gasteiger partial charge in [-0.2, -0.15) is 0 Å². The fourth-order valence-corrected chi connectivity index (χ4v) is 4.03. The number of halogens is 2. The largest absolute Gasteiger partial charge is 0.492 e. The molecule has 0 bridgehead atoms. The zero-order valence-electron chi connectivity index (χ0n) is 18.2. The first kappa shape index (κ1) is 21.4. The molecular formula is C26H20F2N4O2. The highest BCUT2D eigenvalue weighted by atomic mass is 19.1. The molecule has 170 valence electrons. The minimum Gasteiger partial charge on any atom is -0.492 e. The molecule has 0 spiro atoms. The van der Waals surface area contributed by atoms with Gasteiger partial charge < -0.3 is 15.6 Å².